The summed E-state index contributed by atoms with van der Waals surface area (Å²) in [5, 5.41) is -1.03. The summed E-state index contributed by atoms with van der Waals surface area (Å²) in [4.78, 5) is 0. The van der Waals surface area contributed by atoms with Crippen molar-refractivity contribution in [1.82, 2.24) is 0 Å². The standard InChI is InChI=1S/C15H20ClF3N2O2S/c1-2-9-3-5-12(20)14(7-9)24(22,23)21-13-6-4-10(16)8-11(13)15(17,18)19/h4,6,8-9,12,14,21H,2-3,5,7,20H2,1H3. The van der Waals surface area contributed by atoms with E-state index in [2.05, 4.69) is 4.72 Å². The van der Waals surface area contributed by atoms with Gasteiger partial charge in [0.05, 0.1) is 16.5 Å². The summed E-state index contributed by atoms with van der Waals surface area (Å²) >= 11 is 5.61. The van der Waals surface area contributed by atoms with Crippen molar-refractivity contribution in [3.05, 3.63) is 28.8 Å². The Morgan fingerprint density at radius 1 is 1.33 bits per heavy atom. The lowest BCUT2D eigenvalue weighted by atomic mass is 9.84. The largest absolute Gasteiger partial charge is 0.418 e. The van der Waals surface area contributed by atoms with Crippen LogP contribution in [0.15, 0.2) is 18.2 Å². The molecule has 1 fully saturated rings. The third-order valence-electron chi connectivity index (χ3n) is 4.47. The Morgan fingerprint density at radius 2 is 2.00 bits per heavy atom. The van der Waals surface area contributed by atoms with Gasteiger partial charge in [-0.2, -0.15) is 13.2 Å². The minimum Gasteiger partial charge on any atom is -0.326 e. The van der Waals surface area contributed by atoms with E-state index in [0.717, 1.165) is 18.9 Å². The Bertz CT molecular complexity index is 694. The molecule has 0 bridgehead atoms. The summed E-state index contributed by atoms with van der Waals surface area (Å²) < 4.78 is 66.6. The highest BCUT2D eigenvalue weighted by Crippen LogP contribution is 2.38. The summed E-state index contributed by atoms with van der Waals surface area (Å²) in [5.41, 5.74) is 4.28. The molecule has 0 heterocycles. The van der Waals surface area contributed by atoms with Gasteiger partial charge in [0.2, 0.25) is 10.0 Å². The molecular formula is C15H20ClF3N2O2S. The van der Waals surface area contributed by atoms with Crippen LogP contribution in [0.2, 0.25) is 5.02 Å². The molecule has 1 aliphatic rings. The Kier molecular flexibility index (Phi) is 5.71. The molecule has 3 N–H and O–H groups in total. The van der Waals surface area contributed by atoms with Crippen LogP contribution < -0.4 is 10.5 Å². The van der Waals surface area contributed by atoms with Crippen LogP contribution in [0.4, 0.5) is 18.9 Å². The molecule has 3 atom stereocenters. The fourth-order valence-corrected chi connectivity index (χ4v) is 4.96. The van der Waals surface area contributed by atoms with Gasteiger partial charge >= 0.3 is 6.18 Å². The first-order valence-corrected chi connectivity index (χ1v) is 9.61. The first kappa shape index (κ1) is 19.3. The van der Waals surface area contributed by atoms with Crippen molar-refractivity contribution in [2.45, 2.75) is 50.1 Å². The molecule has 0 aliphatic heterocycles. The van der Waals surface area contributed by atoms with Crippen LogP contribution >= 0.6 is 11.6 Å². The zero-order valence-electron chi connectivity index (χ0n) is 13.1. The lowest BCUT2D eigenvalue weighted by Gasteiger charge is -2.33. The number of benzene rings is 1. The normalized spacial score (nSPS) is 25.5. The van der Waals surface area contributed by atoms with E-state index in [4.69, 9.17) is 17.3 Å². The molecule has 4 nitrogen and oxygen atoms in total. The van der Waals surface area contributed by atoms with Gasteiger partial charge in [0.15, 0.2) is 0 Å². The minimum atomic E-state index is -4.72. The van der Waals surface area contributed by atoms with E-state index in [0.29, 0.717) is 18.9 Å². The topological polar surface area (TPSA) is 72.2 Å². The van der Waals surface area contributed by atoms with Crippen LogP contribution in [-0.4, -0.2) is 19.7 Å². The number of hydrogen-bond acceptors (Lipinski definition) is 3. The molecule has 136 valence electrons. The number of anilines is 1. The molecule has 24 heavy (non-hydrogen) atoms. The van der Waals surface area contributed by atoms with Crippen LogP contribution in [0.3, 0.4) is 0 Å². The molecule has 0 amide bonds. The summed E-state index contributed by atoms with van der Waals surface area (Å²) in [5.74, 6) is 0.207. The summed E-state index contributed by atoms with van der Waals surface area (Å²) in [6.45, 7) is 1.96. The van der Waals surface area contributed by atoms with E-state index in [-0.39, 0.29) is 10.9 Å². The Hall–Kier alpha value is -0.990. The van der Waals surface area contributed by atoms with Crippen molar-refractivity contribution in [3.8, 4) is 0 Å². The SMILES string of the molecule is CCC1CCC(N)C(S(=O)(=O)Nc2ccc(Cl)cc2C(F)(F)F)C1. The van der Waals surface area contributed by atoms with Crippen LogP contribution in [0.1, 0.15) is 38.2 Å². The number of alkyl halides is 3. The first-order chi connectivity index (χ1) is 11.0. The molecule has 2 rings (SSSR count). The highest BCUT2D eigenvalue weighted by molar-refractivity contribution is 7.93. The molecule has 0 aromatic heterocycles. The van der Waals surface area contributed by atoms with Crippen molar-refractivity contribution in [3.63, 3.8) is 0 Å². The number of sulfonamides is 1. The van der Waals surface area contributed by atoms with Gasteiger partial charge in [0.25, 0.3) is 0 Å². The minimum absolute atomic E-state index is 0.120. The molecule has 1 aromatic rings. The van der Waals surface area contributed by atoms with E-state index in [1.54, 1.807) is 0 Å². The Labute approximate surface area is 144 Å². The van der Waals surface area contributed by atoms with E-state index >= 15 is 0 Å². The van der Waals surface area contributed by atoms with E-state index in [1.165, 1.54) is 6.07 Å². The van der Waals surface area contributed by atoms with Gasteiger partial charge in [-0.25, -0.2) is 8.42 Å². The fraction of sp³-hybridized carbons (Fsp3) is 0.600. The van der Waals surface area contributed by atoms with Crippen LogP contribution in [0, 0.1) is 5.92 Å². The predicted molar refractivity (Wildman–Crippen MR) is 88.4 cm³/mol. The smallest absolute Gasteiger partial charge is 0.326 e. The van der Waals surface area contributed by atoms with Crippen molar-refractivity contribution in [2.24, 2.45) is 11.7 Å². The van der Waals surface area contributed by atoms with Crippen molar-refractivity contribution in [1.29, 1.82) is 0 Å². The van der Waals surface area contributed by atoms with Gasteiger partial charge in [-0.15, -0.1) is 0 Å². The number of nitrogens with one attached hydrogen (secondary N) is 1. The van der Waals surface area contributed by atoms with Crippen molar-refractivity contribution < 1.29 is 21.6 Å². The highest BCUT2D eigenvalue weighted by atomic mass is 35.5. The molecule has 1 aromatic carbocycles. The molecular weight excluding hydrogens is 365 g/mol. The quantitative estimate of drug-likeness (QED) is 0.823. The van der Waals surface area contributed by atoms with E-state index in [9.17, 15) is 21.6 Å². The van der Waals surface area contributed by atoms with Gasteiger partial charge in [-0.1, -0.05) is 24.9 Å². The average Bonchev–Trinajstić information content (AvgIpc) is 2.48. The van der Waals surface area contributed by atoms with Gasteiger partial charge in [-0.3, -0.25) is 4.72 Å². The second-order valence-electron chi connectivity index (χ2n) is 6.12. The van der Waals surface area contributed by atoms with E-state index in [1.807, 2.05) is 6.92 Å². The average molecular weight is 385 g/mol. The lowest BCUT2D eigenvalue weighted by molar-refractivity contribution is -0.136. The highest BCUT2D eigenvalue weighted by Gasteiger charge is 2.39. The fourth-order valence-electron chi connectivity index (χ4n) is 3.03. The van der Waals surface area contributed by atoms with Gasteiger partial charge in [-0.05, 0) is 43.4 Å². The zero-order valence-corrected chi connectivity index (χ0v) is 14.7. The molecule has 0 spiro atoms. The number of hydrogen-bond donors (Lipinski definition) is 2. The zero-order chi connectivity index (χ0) is 18.1. The summed E-state index contributed by atoms with van der Waals surface area (Å²) in [6, 6.07) is 2.35. The van der Waals surface area contributed by atoms with Crippen LogP contribution in [0.5, 0.6) is 0 Å². The molecule has 1 saturated carbocycles. The van der Waals surface area contributed by atoms with Crippen molar-refractivity contribution >= 4 is 27.3 Å². The molecule has 0 radical (unpaired) electrons. The monoisotopic (exact) mass is 384 g/mol. The lowest BCUT2D eigenvalue weighted by Crippen LogP contribution is -2.47. The third-order valence-corrected chi connectivity index (χ3v) is 6.55. The molecule has 1 aliphatic carbocycles. The maximum atomic E-state index is 13.1. The molecule has 9 heteroatoms. The Morgan fingerprint density at radius 3 is 2.58 bits per heavy atom. The summed E-state index contributed by atoms with van der Waals surface area (Å²) in [6.07, 6.45) is -2.19. The first-order valence-electron chi connectivity index (χ1n) is 7.68. The predicted octanol–water partition coefficient (Wildman–Crippen LogP) is 4.01. The summed E-state index contributed by atoms with van der Waals surface area (Å²) in [7, 11) is -4.04. The second-order valence-corrected chi connectivity index (χ2v) is 8.46. The van der Waals surface area contributed by atoms with Crippen LogP contribution in [-0.2, 0) is 16.2 Å². The van der Waals surface area contributed by atoms with E-state index < -0.39 is 38.7 Å². The maximum absolute atomic E-state index is 13.1. The third kappa shape index (κ3) is 4.34. The number of nitrogens with two attached hydrogens (primary N) is 1. The van der Waals surface area contributed by atoms with Gasteiger partial charge < -0.3 is 5.73 Å². The van der Waals surface area contributed by atoms with Crippen LogP contribution in [0.25, 0.3) is 0 Å². The molecule has 0 saturated heterocycles. The van der Waals surface area contributed by atoms with Gasteiger partial charge in [0, 0.05) is 11.1 Å². The van der Waals surface area contributed by atoms with Gasteiger partial charge in [0.1, 0.15) is 0 Å². The number of rotatable bonds is 4. The van der Waals surface area contributed by atoms with Crippen molar-refractivity contribution in [2.75, 3.05) is 4.72 Å². The second kappa shape index (κ2) is 7.09. The molecule has 3 unspecified atom stereocenters. The Balaban J connectivity index is 2.32. The number of halogens is 4. The maximum Gasteiger partial charge on any atom is 0.418 e.